The number of ketones is 1. The van der Waals surface area contributed by atoms with Crippen molar-refractivity contribution < 1.29 is 24.5 Å². The summed E-state index contributed by atoms with van der Waals surface area (Å²) in [6.07, 6.45) is 0. The average Bonchev–Trinajstić information content (AvgIpc) is 2.91. The van der Waals surface area contributed by atoms with Crippen LogP contribution in [0, 0.1) is 0 Å². The summed E-state index contributed by atoms with van der Waals surface area (Å²) >= 11 is 0. The number of carbonyl (C=O) groups is 2. The van der Waals surface area contributed by atoms with Gasteiger partial charge < -0.3 is 19.8 Å². The number of nitrogens with zero attached hydrogens (tertiary/aromatic N) is 1. The van der Waals surface area contributed by atoms with Gasteiger partial charge in [-0.05, 0) is 17.7 Å². The third kappa shape index (κ3) is 3.19. The molecular weight excluding hydrogens is 334 g/mol. The quantitative estimate of drug-likeness (QED) is 0.490. The molecule has 1 amide bonds. The molecule has 2 aromatic rings. The van der Waals surface area contributed by atoms with Crippen molar-refractivity contribution in [3.05, 3.63) is 71.3 Å². The molecule has 0 unspecified atom stereocenters. The SMILES string of the molecule is COCCN1C(=O)C(=O)C(=C(O)c2ccccc2)[C@H]1c1cccc(O)c1. The van der Waals surface area contributed by atoms with Crippen molar-refractivity contribution in [1.82, 2.24) is 4.90 Å². The van der Waals surface area contributed by atoms with Crippen molar-refractivity contribution in [2.24, 2.45) is 0 Å². The second-order valence-electron chi connectivity index (χ2n) is 5.95. The van der Waals surface area contributed by atoms with Crippen LogP contribution >= 0.6 is 0 Å². The summed E-state index contributed by atoms with van der Waals surface area (Å²) in [5.74, 6) is -1.68. The predicted octanol–water partition coefficient (Wildman–Crippen LogP) is 2.46. The Bertz CT molecular complexity index is 860. The molecule has 0 spiro atoms. The van der Waals surface area contributed by atoms with Gasteiger partial charge in [-0.1, -0.05) is 42.5 Å². The van der Waals surface area contributed by atoms with Crippen LogP contribution in [0.4, 0.5) is 0 Å². The molecule has 134 valence electrons. The van der Waals surface area contributed by atoms with Crippen LogP contribution in [0.15, 0.2) is 60.2 Å². The van der Waals surface area contributed by atoms with Crippen molar-refractivity contribution in [3.8, 4) is 5.75 Å². The van der Waals surface area contributed by atoms with Gasteiger partial charge in [0.15, 0.2) is 0 Å². The average molecular weight is 353 g/mol. The first-order valence-electron chi connectivity index (χ1n) is 8.16. The number of hydrogen-bond donors (Lipinski definition) is 2. The summed E-state index contributed by atoms with van der Waals surface area (Å²) in [4.78, 5) is 26.5. The van der Waals surface area contributed by atoms with Crippen molar-refractivity contribution in [1.29, 1.82) is 0 Å². The summed E-state index contributed by atoms with van der Waals surface area (Å²) in [5, 5.41) is 20.6. The summed E-state index contributed by atoms with van der Waals surface area (Å²) in [5.41, 5.74) is 0.989. The Kier molecular flexibility index (Phi) is 5.04. The number of carbonyl (C=O) groups excluding carboxylic acids is 2. The van der Waals surface area contributed by atoms with E-state index in [4.69, 9.17) is 4.74 Å². The molecule has 1 heterocycles. The van der Waals surface area contributed by atoms with E-state index in [1.54, 1.807) is 42.5 Å². The topological polar surface area (TPSA) is 87.1 Å². The molecule has 0 aromatic heterocycles. The highest BCUT2D eigenvalue weighted by atomic mass is 16.5. The number of ether oxygens (including phenoxy) is 1. The number of Topliss-reactive ketones (excluding diaryl/α,β-unsaturated/α-hetero) is 1. The monoisotopic (exact) mass is 353 g/mol. The number of aromatic hydroxyl groups is 1. The van der Waals surface area contributed by atoms with E-state index in [0.29, 0.717) is 11.1 Å². The molecular formula is C20H19NO5. The van der Waals surface area contributed by atoms with Crippen molar-refractivity contribution in [2.75, 3.05) is 20.3 Å². The number of phenolic OH excluding ortho intramolecular Hbond substituents is 1. The second kappa shape index (κ2) is 7.41. The van der Waals surface area contributed by atoms with E-state index in [1.807, 2.05) is 0 Å². The highest BCUT2D eigenvalue weighted by Crippen LogP contribution is 2.39. The lowest BCUT2D eigenvalue weighted by molar-refractivity contribution is -0.140. The van der Waals surface area contributed by atoms with Gasteiger partial charge in [0.25, 0.3) is 11.7 Å². The van der Waals surface area contributed by atoms with Crippen molar-refractivity contribution in [2.45, 2.75) is 6.04 Å². The molecule has 3 rings (SSSR count). The first kappa shape index (κ1) is 17.7. The van der Waals surface area contributed by atoms with Crippen LogP contribution in [0.2, 0.25) is 0 Å². The van der Waals surface area contributed by atoms with Crippen LogP contribution in [0.5, 0.6) is 5.75 Å². The fourth-order valence-corrected chi connectivity index (χ4v) is 3.09. The second-order valence-corrected chi connectivity index (χ2v) is 5.95. The molecule has 0 saturated carbocycles. The van der Waals surface area contributed by atoms with Crippen LogP contribution < -0.4 is 0 Å². The maximum Gasteiger partial charge on any atom is 0.295 e. The molecule has 1 aliphatic heterocycles. The molecule has 6 nitrogen and oxygen atoms in total. The zero-order valence-corrected chi connectivity index (χ0v) is 14.3. The van der Waals surface area contributed by atoms with Crippen LogP contribution in [-0.2, 0) is 14.3 Å². The molecule has 1 fully saturated rings. The molecule has 0 aliphatic carbocycles. The molecule has 0 radical (unpaired) electrons. The molecule has 1 saturated heterocycles. The number of aliphatic hydroxyl groups is 1. The number of aliphatic hydroxyl groups excluding tert-OH is 1. The van der Waals surface area contributed by atoms with E-state index in [2.05, 4.69) is 0 Å². The summed E-state index contributed by atoms with van der Waals surface area (Å²) in [7, 11) is 1.50. The maximum absolute atomic E-state index is 12.6. The zero-order valence-electron chi connectivity index (χ0n) is 14.3. The van der Waals surface area contributed by atoms with Gasteiger partial charge in [0.1, 0.15) is 11.5 Å². The standard InChI is InChI=1S/C20H19NO5/c1-26-11-10-21-17(14-8-5-9-15(22)12-14)16(19(24)20(21)25)18(23)13-6-3-2-4-7-13/h2-9,12,17,22-23H,10-11H2,1H3/t17-/m1/s1. The van der Waals surface area contributed by atoms with E-state index >= 15 is 0 Å². The molecule has 1 atom stereocenters. The minimum atomic E-state index is -0.794. The number of rotatable bonds is 5. The van der Waals surface area contributed by atoms with E-state index in [9.17, 15) is 19.8 Å². The lowest BCUT2D eigenvalue weighted by Crippen LogP contribution is -2.32. The van der Waals surface area contributed by atoms with Gasteiger partial charge in [0, 0.05) is 19.2 Å². The lowest BCUT2D eigenvalue weighted by Gasteiger charge is -2.25. The number of phenols is 1. The Morgan fingerprint density at radius 3 is 2.50 bits per heavy atom. The molecule has 26 heavy (non-hydrogen) atoms. The van der Waals surface area contributed by atoms with E-state index in [1.165, 1.54) is 24.1 Å². The zero-order chi connectivity index (χ0) is 18.7. The molecule has 0 bridgehead atoms. The summed E-state index contributed by atoms with van der Waals surface area (Å²) in [6, 6.07) is 14.1. The number of amides is 1. The Balaban J connectivity index is 2.16. The van der Waals surface area contributed by atoms with Gasteiger partial charge >= 0.3 is 0 Å². The third-order valence-corrected chi connectivity index (χ3v) is 4.31. The number of methoxy groups -OCH3 is 1. The largest absolute Gasteiger partial charge is 0.508 e. The van der Waals surface area contributed by atoms with E-state index in [0.717, 1.165) is 0 Å². The van der Waals surface area contributed by atoms with Crippen LogP contribution in [-0.4, -0.2) is 47.1 Å². The molecule has 2 N–H and O–H groups in total. The highest BCUT2D eigenvalue weighted by Gasteiger charge is 2.45. The first-order chi connectivity index (χ1) is 12.5. The van der Waals surface area contributed by atoms with E-state index in [-0.39, 0.29) is 30.2 Å². The minimum absolute atomic E-state index is 0.00269. The van der Waals surface area contributed by atoms with Gasteiger partial charge in [0.05, 0.1) is 18.2 Å². The normalized spacial score (nSPS) is 19.1. The Morgan fingerprint density at radius 1 is 1.12 bits per heavy atom. The van der Waals surface area contributed by atoms with Crippen LogP contribution in [0.1, 0.15) is 17.2 Å². The Labute approximate surface area is 150 Å². The summed E-state index contributed by atoms with van der Waals surface area (Å²) in [6.45, 7) is 0.431. The first-order valence-corrected chi connectivity index (χ1v) is 8.16. The Morgan fingerprint density at radius 2 is 1.85 bits per heavy atom. The summed E-state index contributed by atoms with van der Waals surface area (Å²) < 4.78 is 5.04. The Hall–Kier alpha value is -3.12. The fraction of sp³-hybridized carbons (Fsp3) is 0.200. The van der Waals surface area contributed by atoms with E-state index < -0.39 is 17.7 Å². The molecule has 6 heteroatoms. The fourth-order valence-electron chi connectivity index (χ4n) is 3.09. The highest BCUT2D eigenvalue weighted by molar-refractivity contribution is 6.46. The molecule has 2 aromatic carbocycles. The number of likely N-dealkylation sites (tertiary alicyclic amines) is 1. The van der Waals surface area contributed by atoms with Gasteiger partial charge in [-0.2, -0.15) is 0 Å². The van der Waals surface area contributed by atoms with Crippen LogP contribution in [0.25, 0.3) is 5.76 Å². The third-order valence-electron chi connectivity index (χ3n) is 4.31. The number of benzene rings is 2. The van der Waals surface area contributed by atoms with Gasteiger partial charge in [0.2, 0.25) is 0 Å². The van der Waals surface area contributed by atoms with Gasteiger partial charge in [-0.25, -0.2) is 0 Å². The smallest absolute Gasteiger partial charge is 0.295 e. The predicted molar refractivity (Wildman–Crippen MR) is 95.4 cm³/mol. The van der Waals surface area contributed by atoms with Crippen molar-refractivity contribution in [3.63, 3.8) is 0 Å². The lowest BCUT2D eigenvalue weighted by atomic mass is 9.95. The molecule has 1 aliphatic rings. The maximum atomic E-state index is 12.6. The van der Waals surface area contributed by atoms with Crippen molar-refractivity contribution >= 4 is 17.4 Å². The number of hydrogen-bond acceptors (Lipinski definition) is 5. The van der Waals surface area contributed by atoms with Crippen LogP contribution in [0.3, 0.4) is 0 Å². The van der Waals surface area contributed by atoms with Gasteiger partial charge in [-0.15, -0.1) is 0 Å². The minimum Gasteiger partial charge on any atom is -0.508 e. The van der Waals surface area contributed by atoms with Gasteiger partial charge in [-0.3, -0.25) is 9.59 Å².